The first-order chi connectivity index (χ1) is 17.4. The normalized spacial score (nSPS) is 16.6. The number of allylic oxidation sites excluding steroid dienone is 3. The van der Waals surface area contributed by atoms with E-state index in [2.05, 4.69) is 0 Å². The van der Waals surface area contributed by atoms with E-state index in [-0.39, 0.29) is 46.3 Å². The molecule has 1 heterocycles. The summed E-state index contributed by atoms with van der Waals surface area (Å²) in [5, 5.41) is 9.87. The minimum Gasteiger partial charge on any atom is -0.493 e. The van der Waals surface area contributed by atoms with E-state index in [1.165, 1.54) is 19.2 Å². The number of Topliss-reactive ketones (excluding diaryl/α,β-unsaturated/α-hetero) is 2. The molecule has 8 heteroatoms. The van der Waals surface area contributed by atoms with Crippen LogP contribution in [-0.4, -0.2) is 18.7 Å². The second-order valence-corrected chi connectivity index (χ2v) is 8.20. The van der Waals surface area contributed by atoms with E-state index in [1.807, 2.05) is 6.07 Å². The third-order valence-electron chi connectivity index (χ3n) is 6.12. The number of methoxy groups -OCH3 is 1. The van der Waals surface area contributed by atoms with Gasteiger partial charge in [0.15, 0.2) is 23.0 Å². The Labute approximate surface area is 205 Å². The van der Waals surface area contributed by atoms with Crippen molar-refractivity contribution in [2.24, 2.45) is 5.73 Å². The van der Waals surface area contributed by atoms with E-state index in [0.717, 1.165) is 5.56 Å². The van der Waals surface area contributed by atoms with Crippen molar-refractivity contribution >= 4 is 11.6 Å². The maximum atomic E-state index is 13.5. The van der Waals surface area contributed by atoms with Crippen LogP contribution < -0.4 is 15.2 Å². The Morgan fingerprint density at radius 3 is 2.36 bits per heavy atom. The third kappa shape index (κ3) is 3.77. The molecule has 0 saturated carbocycles. The Bertz CT molecular complexity index is 1520. The molecule has 7 nitrogen and oxygen atoms in total. The summed E-state index contributed by atoms with van der Waals surface area (Å²) in [6.45, 7) is 0.169. The molecular formula is C28H19FN2O5. The number of nitrogens with two attached hydrogens (primary N) is 1. The van der Waals surface area contributed by atoms with Crippen molar-refractivity contribution in [1.82, 2.24) is 0 Å². The van der Waals surface area contributed by atoms with E-state index in [0.29, 0.717) is 17.1 Å². The minimum absolute atomic E-state index is 0.0105. The zero-order valence-electron chi connectivity index (χ0n) is 19.1. The molecule has 3 aromatic carbocycles. The molecule has 0 aromatic heterocycles. The smallest absolute Gasteiger partial charge is 0.229 e. The number of hydrogen-bond acceptors (Lipinski definition) is 7. The van der Waals surface area contributed by atoms with E-state index in [9.17, 15) is 19.2 Å². The van der Waals surface area contributed by atoms with Gasteiger partial charge >= 0.3 is 0 Å². The zero-order valence-corrected chi connectivity index (χ0v) is 19.1. The van der Waals surface area contributed by atoms with Gasteiger partial charge in [-0.15, -0.1) is 0 Å². The highest BCUT2D eigenvalue weighted by atomic mass is 19.1. The number of ether oxygens (including phenoxy) is 3. The molecule has 1 aliphatic heterocycles. The lowest BCUT2D eigenvalue weighted by Crippen LogP contribution is -2.32. The van der Waals surface area contributed by atoms with Crippen LogP contribution in [0.1, 0.15) is 37.8 Å². The van der Waals surface area contributed by atoms with E-state index >= 15 is 0 Å². The molecule has 0 amide bonds. The van der Waals surface area contributed by atoms with Crippen LogP contribution >= 0.6 is 0 Å². The van der Waals surface area contributed by atoms with E-state index in [1.54, 1.807) is 54.6 Å². The average Bonchev–Trinajstić information content (AvgIpc) is 2.90. The van der Waals surface area contributed by atoms with Crippen molar-refractivity contribution < 1.29 is 28.2 Å². The number of carbonyl (C=O) groups is 2. The fourth-order valence-electron chi connectivity index (χ4n) is 4.36. The molecular weight excluding hydrogens is 463 g/mol. The van der Waals surface area contributed by atoms with Gasteiger partial charge in [0.1, 0.15) is 24.1 Å². The van der Waals surface area contributed by atoms with Gasteiger partial charge in [0.2, 0.25) is 11.7 Å². The molecule has 0 spiro atoms. The SMILES string of the molecule is COc1cc(C2C(C#N)=C(N)OC3=C2C(=O)c2ccccc2C3=O)ccc1OCc1ccc(F)cc1. The molecule has 2 N–H and O–H groups in total. The lowest BCUT2D eigenvalue weighted by molar-refractivity contribution is 0.0897. The highest BCUT2D eigenvalue weighted by molar-refractivity contribution is 6.27. The van der Waals surface area contributed by atoms with Crippen LogP contribution in [0.25, 0.3) is 0 Å². The molecule has 5 rings (SSSR count). The number of ketones is 2. The number of hydrogen-bond donors (Lipinski definition) is 1. The molecule has 0 radical (unpaired) electrons. The Morgan fingerprint density at radius 2 is 1.69 bits per heavy atom. The fraction of sp³-hybridized carbons (Fsp3) is 0.107. The summed E-state index contributed by atoms with van der Waals surface area (Å²) in [4.78, 5) is 26.7. The number of halogens is 1. The number of carbonyl (C=O) groups excluding carboxylic acids is 2. The van der Waals surface area contributed by atoms with Gasteiger partial charge < -0.3 is 19.9 Å². The number of nitriles is 1. The molecule has 0 bridgehead atoms. The first-order valence-corrected chi connectivity index (χ1v) is 11.0. The second-order valence-electron chi connectivity index (χ2n) is 8.20. The Kier molecular flexibility index (Phi) is 5.74. The fourth-order valence-corrected chi connectivity index (χ4v) is 4.36. The van der Waals surface area contributed by atoms with Gasteiger partial charge in [-0.05, 0) is 35.4 Å². The molecule has 3 aromatic rings. The maximum Gasteiger partial charge on any atom is 0.229 e. The summed E-state index contributed by atoms with van der Waals surface area (Å²) in [6.07, 6.45) is 0. The largest absolute Gasteiger partial charge is 0.493 e. The summed E-state index contributed by atoms with van der Waals surface area (Å²) in [7, 11) is 1.46. The molecule has 178 valence electrons. The van der Waals surface area contributed by atoms with Gasteiger partial charge in [0, 0.05) is 11.1 Å². The Hall–Kier alpha value is -4.90. The highest BCUT2D eigenvalue weighted by Gasteiger charge is 2.43. The first-order valence-electron chi connectivity index (χ1n) is 11.0. The van der Waals surface area contributed by atoms with Crippen molar-refractivity contribution in [1.29, 1.82) is 5.26 Å². The van der Waals surface area contributed by atoms with Gasteiger partial charge in [-0.2, -0.15) is 5.26 Å². The maximum absolute atomic E-state index is 13.5. The lowest BCUT2D eigenvalue weighted by Gasteiger charge is -2.31. The Morgan fingerprint density at radius 1 is 1.00 bits per heavy atom. The molecule has 0 saturated heterocycles. The monoisotopic (exact) mass is 482 g/mol. The number of fused-ring (bicyclic) bond motifs is 1. The van der Waals surface area contributed by atoms with Gasteiger partial charge in [-0.3, -0.25) is 9.59 Å². The van der Waals surface area contributed by atoms with Crippen molar-refractivity contribution in [2.45, 2.75) is 12.5 Å². The minimum atomic E-state index is -0.941. The standard InChI is InChI=1S/C28H19FN2O5/c1-34-22-12-16(8-11-21(22)35-14-15-6-9-17(29)10-7-15)23-20(13-30)28(31)36-27-24(23)25(32)18-4-2-3-5-19(18)26(27)33/h2-12,23H,14,31H2,1H3. The van der Waals surface area contributed by atoms with Gasteiger partial charge in [0.25, 0.3) is 0 Å². The van der Waals surface area contributed by atoms with Gasteiger partial charge in [0.05, 0.1) is 18.6 Å². The molecule has 0 fully saturated rings. The summed E-state index contributed by atoms with van der Waals surface area (Å²) >= 11 is 0. The van der Waals surface area contributed by atoms with Crippen LogP contribution in [0.4, 0.5) is 4.39 Å². The van der Waals surface area contributed by atoms with E-state index in [4.69, 9.17) is 19.9 Å². The molecule has 36 heavy (non-hydrogen) atoms. The predicted octanol–water partition coefficient (Wildman–Crippen LogP) is 4.55. The first kappa shape index (κ1) is 22.9. The topological polar surface area (TPSA) is 112 Å². The summed E-state index contributed by atoms with van der Waals surface area (Å²) in [5.74, 6) is -1.85. The molecule has 2 aliphatic rings. The van der Waals surface area contributed by atoms with Crippen molar-refractivity contribution in [2.75, 3.05) is 7.11 Å². The molecule has 1 atom stereocenters. The van der Waals surface area contributed by atoms with Gasteiger partial charge in [-0.1, -0.05) is 42.5 Å². The zero-order chi connectivity index (χ0) is 25.4. The predicted molar refractivity (Wildman–Crippen MR) is 127 cm³/mol. The Balaban J connectivity index is 1.55. The summed E-state index contributed by atoms with van der Waals surface area (Å²) in [5.41, 5.74) is 7.80. The van der Waals surface area contributed by atoms with Crippen molar-refractivity contribution in [3.8, 4) is 17.6 Å². The van der Waals surface area contributed by atoms with Crippen LogP contribution in [0.15, 0.2) is 89.5 Å². The van der Waals surface area contributed by atoms with Crippen LogP contribution in [-0.2, 0) is 11.3 Å². The van der Waals surface area contributed by atoms with E-state index < -0.39 is 17.5 Å². The summed E-state index contributed by atoms with van der Waals surface area (Å²) < 4.78 is 30.1. The average molecular weight is 482 g/mol. The van der Waals surface area contributed by atoms with Crippen LogP contribution in [0.3, 0.4) is 0 Å². The van der Waals surface area contributed by atoms with Crippen molar-refractivity contribution in [3.05, 3.63) is 118 Å². The quantitative estimate of drug-likeness (QED) is 0.568. The number of nitrogens with zero attached hydrogens (tertiary/aromatic N) is 1. The number of benzene rings is 3. The second kappa shape index (κ2) is 9.04. The third-order valence-corrected chi connectivity index (χ3v) is 6.12. The highest BCUT2D eigenvalue weighted by Crippen LogP contribution is 2.45. The lowest BCUT2D eigenvalue weighted by atomic mass is 9.75. The summed E-state index contributed by atoms with van der Waals surface area (Å²) in [6, 6.07) is 19.3. The van der Waals surface area contributed by atoms with Gasteiger partial charge in [-0.25, -0.2) is 4.39 Å². The number of rotatable bonds is 5. The molecule has 1 aliphatic carbocycles. The van der Waals surface area contributed by atoms with Crippen molar-refractivity contribution in [3.63, 3.8) is 0 Å². The van der Waals surface area contributed by atoms with Crippen LogP contribution in [0.5, 0.6) is 11.5 Å². The van der Waals surface area contributed by atoms with Crippen LogP contribution in [0, 0.1) is 17.1 Å². The molecule has 1 unspecified atom stereocenters. The van der Waals surface area contributed by atoms with Crippen LogP contribution in [0.2, 0.25) is 0 Å².